The van der Waals surface area contributed by atoms with Crippen molar-refractivity contribution in [1.29, 1.82) is 0 Å². The summed E-state index contributed by atoms with van der Waals surface area (Å²) in [6.45, 7) is 6.25. The van der Waals surface area contributed by atoms with Crippen molar-refractivity contribution in [2.75, 3.05) is 13.1 Å². The Bertz CT molecular complexity index is 638. The first-order chi connectivity index (χ1) is 11.2. The summed E-state index contributed by atoms with van der Waals surface area (Å²) in [5.41, 5.74) is 3.23. The van der Waals surface area contributed by atoms with Gasteiger partial charge in [-0.2, -0.15) is 0 Å². The first-order valence-electron chi connectivity index (χ1n) is 7.86. The molecule has 0 atom stereocenters. The Morgan fingerprint density at radius 2 is 1.91 bits per heavy atom. The second-order valence-electron chi connectivity index (χ2n) is 5.27. The molecule has 0 fully saturated rings. The second kappa shape index (κ2) is 9.16. The van der Waals surface area contributed by atoms with Crippen molar-refractivity contribution in [2.45, 2.75) is 26.8 Å². The molecule has 0 saturated carbocycles. The highest BCUT2D eigenvalue weighted by atomic mass is 35.5. The van der Waals surface area contributed by atoms with Gasteiger partial charge in [0.2, 0.25) is 0 Å². The molecule has 0 bridgehead atoms. The molecule has 2 N–H and O–H groups in total. The van der Waals surface area contributed by atoms with Gasteiger partial charge in [-0.15, -0.1) is 0 Å². The highest BCUT2D eigenvalue weighted by Crippen LogP contribution is 2.09. The van der Waals surface area contributed by atoms with E-state index in [0.29, 0.717) is 6.54 Å². The lowest BCUT2D eigenvalue weighted by atomic mass is 10.1. The Morgan fingerprint density at radius 1 is 1.13 bits per heavy atom. The summed E-state index contributed by atoms with van der Waals surface area (Å²) in [6, 6.07) is 13.9. The normalized spacial score (nSPS) is 11.3. The summed E-state index contributed by atoms with van der Waals surface area (Å²) >= 11 is 5.90. The van der Waals surface area contributed by atoms with Gasteiger partial charge in [0.15, 0.2) is 5.96 Å². The number of aliphatic imine (C=N–C) groups is 1. The molecule has 1 aromatic heterocycles. The number of aryl methyl sites for hydroxylation is 1. The summed E-state index contributed by atoms with van der Waals surface area (Å²) in [4.78, 5) is 9.05. The van der Waals surface area contributed by atoms with Crippen LogP contribution in [0.15, 0.2) is 47.5 Å². The standard InChI is InChI=1S/C18H23ClN4/c1-3-20-18(22-13-17-6-4-5-14(2)23-17)21-12-11-15-7-9-16(19)10-8-15/h4-10H,3,11-13H2,1-2H3,(H2,20,21,22). The summed E-state index contributed by atoms with van der Waals surface area (Å²) in [5, 5.41) is 7.37. The molecule has 0 unspecified atom stereocenters. The SMILES string of the molecule is CCNC(=NCc1cccc(C)n1)NCCc1ccc(Cl)cc1. The van der Waals surface area contributed by atoms with Gasteiger partial charge in [-0.1, -0.05) is 29.8 Å². The predicted molar refractivity (Wildman–Crippen MR) is 96.9 cm³/mol. The van der Waals surface area contributed by atoms with Crippen molar-refractivity contribution >= 4 is 17.6 Å². The van der Waals surface area contributed by atoms with Crippen LogP contribution >= 0.6 is 11.6 Å². The van der Waals surface area contributed by atoms with Gasteiger partial charge >= 0.3 is 0 Å². The Hall–Kier alpha value is -2.07. The summed E-state index contributed by atoms with van der Waals surface area (Å²) in [7, 11) is 0. The van der Waals surface area contributed by atoms with Crippen LogP contribution in [0.3, 0.4) is 0 Å². The van der Waals surface area contributed by atoms with Gasteiger partial charge in [-0.3, -0.25) is 4.98 Å². The van der Waals surface area contributed by atoms with Crippen molar-refractivity contribution < 1.29 is 0 Å². The van der Waals surface area contributed by atoms with Crippen LogP contribution in [0.1, 0.15) is 23.9 Å². The molecule has 4 nitrogen and oxygen atoms in total. The van der Waals surface area contributed by atoms with Crippen LogP contribution in [-0.2, 0) is 13.0 Å². The minimum absolute atomic E-state index is 0.567. The van der Waals surface area contributed by atoms with Crippen molar-refractivity contribution in [3.05, 3.63) is 64.4 Å². The van der Waals surface area contributed by atoms with Crippen molar-refractivity contribution in [3.63, 3.8) is 0 Å². The number of hydrogen-bond donors (Lipinski definition) is 2. The second-order valence-corrected chi connectivity index (χ2v) is 5.71. The lowest BCUT2D eigenvalue weighted by Crippen LogP contribution is -2.38. The largest absolute Gasteiger partial charge is 0.357 e. The molecule has 0 aliphatic heterocycles. The Morgan fingerprint density at radius 3 is 2.61 bits per heavy atom. The van der Waals surface area contributed by atoms with Crippen LogP contribution in [0, 0.1) is 6.92 Å². The molecule has 122 valence electrons. The minimum atomic E-state index is 0.567. The maximum absolute atomic E-state index is 5.90. The van der Waals surface area contributed by atoms with Gasteiger partial charge in [0, 0.05) is 23.8 Å². The lowest BCUT2D eigenvalue weighted by molar-refractivity contribution is 0.796. The van der Waals surface area contributed by atoms with Gasteiger partial charge < -0.3 is 10.6 Å². The molecule has 2 rings (SSSR count). The van der Waals surface area contributed by atoms with Gasteiger partial charge in [-0.05, 0) is 50.1 Å². The topological polar surface area (TPSA) is 49.3 Å². The van der Waals surface area contributed by atoms with Crippen molar-refractivity contribution in [1.82, 2.24) is 15.6 Å². The van der Waals surface area contributed by atoms with Crippen LogP contribution in [-0.4, -0.2) is 24.0 Å². The average molecular weight is 331 g/mol. The molecular weight excluding hydrogens is 308 g/mol. The van der Waals surface area contributed by atoms with E-state index >= 15 is 0 Å². The van der Waals surface area contributed by atoms with Crippen LogP contribution in [0.5, 0.6) is 0 Å². The third-order valence-electron chi connectivity index (χ3n) is 3.31. The summed E-state index contributed by atoms with van der Waals surface area (Å²) in [5.74, 6) is 0.810. The van der Waals surface area contributed by atoms with Gasteiger partial charge in [-0.25, -0.2) is 4.99 Å². The smallest absolute Gasteiger partial charge is 0.191 e. The molecule has 0 radical (unpaired) electrons. The molecule has 0 aliphatic carbocycles. The van der Waals surface area contributed by atoms with Crippen LogP contribution in [0.4, 0.5) is 0 Å². The fraction of sp³-hybridized carbons (Fsp3) is 0.333. The molecule has 0 saturated heterocycles. The Labute approximate surface area is 143 Å². The maximum atomic E-state index is 5.90. The first kappa shape index (κ1) is 17.3. The van der Waals surface area contributed by atoms with Gasteiger partial charge in [0.05, 0.1) is 12.2 Å². The maximum Gasteiger partial charge on any atom is 0.191 e. The Kier molecular flexibility index (Phi) is 6.88. The van der Waals surface area contributed by atoms with E-state index in [9.17, 15) is 0 Å². The van der Waals surface area contributed by atoms with E-state index in [-0.39, 0.29) is 0 Å². The van der Waals surface area contributed by atoms with E-state index in [0.717, 1.165) is 41.9 Å². The van der Waals surface area contributed by atoms with Crippen molar-refractivity contribution in [2.24, 2.45) is 4.99 Å². The molecule has 1 aromatic carbocycles. The molecule has 1 heterocycles. The Balaban J connectivity index is 1.87. The summed E-state index contributed by atoms with van der Waals surface area (Å²) in [6.07, 6.45) is 0.921. The third kappa shape index (κ3) is 6.28. The number of aromatic nitrogens is 1. The summed E-state index contributed by atoms with van der Waals surface area (Å²) < 4.78 is 0. The zero-order chi connectivity index (χ0) is 16.5. The van der Waals surface area contributed by atoms with E-state index in [4.69, 9.17) is 11.6 Å². The molecule has 23 heavy (non-hydrogen) atoms. The minimum Gasteiger partial charge on any atom is -0.357 e. The van der Waals surface area contributed by atoms with Gasteiger partial charge in [0.1, 0.15) is 0 Å². The highest BCUT2D eigenvalue weighted by Gasteiger charge is 1.99. The van der Waals surface area contributed by atoms with Crippen LogP contribution in [0.2, 0.25) is 5.02 Å². The molecular formula is C18H23ClN4. The number of pyridine rings is 1. The molecule has 2 aromatic rings. The van der Waals surface area contributed by atoms with Crippen molar-refractivity contribution in [3.8, 4) is 0 Å². The van der Waals surface area contributed by atoms with E-state index in [1.165, 1.54) is 5.56 Å². The fourth-order valence-corrected chi connectivity index (χ4v) is 2.29. The molecule has 0 amide bonds. The predicted octanol–water partition coefficient (Wildman–Crippen LogP) is 3.34. The molecule has 5 heteroatoms. The zero-order valence-corrected chi connectivity index (χ0v) is 14.4. The third-order valence-corrected chi connectivity index (χ3v) is 3.56. The van der Waals surface area contributed by atoms with Gasteiger partial charge in [0.25, 0.3) is 0 Å². The van der Waals surface area contributed by atoms with E-state index in [1.54, 1.807) is 0 Å². The number of hydrogen-bond acceptors (Lipinski definition) is 2. The number of nitrogens with one attached hydrogen (secondary N) is 2. The highest BCUT2D eigenvalue weighted by molar-refractivity contribution is 6.30. The number of rotatable bonds is 6. The number of guanidine groups is 1. The average Bonchev–Trinajstić information content (AvgIpc) is 2.54. The zero-order valence-electron chi connectivity index (χ0n) is 13.6. The lowest BCUT2D eigenvalue weighted by Gasteiger charge is -2.11. The number of benzene rings is 1. The van der Waals surface area contributed by atoms with E-state index in [2.05, 4.69) is 27.5 Å². The van der Waals surface area contributed by atoms with Crippen LogP contribution < -0.4 is 10.6 Å². The fourth-order valence-electron chi connectivity index (χ4n) is 2.17. The molecule has 0 spiro atoms. The molecule has 0 aliphatic rings. The van der Waals surface area contributed by atoms with E-state index in [1.807, 2.05) is 49.4 Å². The monoisotopic (exact) mass is 330 g/mol. The van der Waals surface area contributed by atoms with Crippen LogP contribution in [0.25, 0.3) is 0 Å². The van der Waals surface area contributed by atoms with E-state index < -0.39 is 0 Å². The first-order valence-corrected chi connectivity index (χ1v) is 8.24. The number of nitrogens with zero attached hydrogens (tertiary/aromatic N) is 2. The quantitative estimate of drug-likeness (QED) is 0.631. The number of halogens is 1.